The molecule has 1 unspecified atom stereocenters. The van der Waals surface area contributed by atoms with E-state index in [4.69, 9.17) is 21.3 Å². The van der Waals surface area contributed by atoms with E-state index >= 15 is 0 Å². The van der Waals surface area contributed by atoms with E-state index in [1.165, 1.54) is 30.4 Å². The monoisotopic (exact) mass is 486 g/mol. The van der Waals surface area contributed by atoms with Crippen LogP contribution in [0.15, 0.2) is 60.8 Å². The second-order valence-electron chi connectivity index (χ2n) is 9.56. The fraction of sp³-hybridized carbons (Fsp3) is 0.300. The maximum absolute atomic E-state index is 9.73. The van der Waals surface area contributed by atoms with Crippen molar-refractivity contribution in [1.29, 1.82) is 0 Å². The first-order valence-corrected chi connectivity index (χ1v) is 12.7. The van der Waals surface area contributed by atoms with Gasteiger partial charge in [0, 0.05) is 28.8 Å². The van der Waals surface area contributed by atoms with Crippen LogP contribution in [0.3, 0.4) is 0 Å². The Morgan fingerprint density at radius 1 is 0.971 bits per heavy atom. The molecule has 1 atom stereocenters. The van der Waals surface area contributed by atoms with Crippen molar-refractivity contribution in [3.05, 3.63) is 76.9 Å². The quantitative estimate of drug-likeness (QED) is 0.297. The number of nitrogens with one attached hydrogen (secondary N) is 1. The van der Waals surface area contributed by atoms with Crippen molar-refractivity contribution < 1.29 is 9.84 Å². The van der Waals surface area contributed by atoms with E-state index < -0.39 is 0 Å². The summed E-state index contributed by atoms with van der Waals surface area (Å²) in [5, 5.41) is 14.9. The number of ether oxygens (including phenoxy) is 1. The second-order valence-corrected chi connectivity index (χ2v) is 9.96. The average molecular weight is 487 g/mol. The maximum Gasteiger partial charge on any atom is 0.138 e. The summed E-state index contributed by atoms with van der Waals surface area (Å²) < 4.78 is 6.57. The molecule has 1 saturated heterocycles. The zero-order chi connectivity index (χ0) is 24.4. The lowest BCUT2D eigenvalue weighted by Crippen LogP contribution is -2.35. The number of aromatic hydroxyl groups is 1. The van der Waals surface area contributed by atoms with E-state index in [-0.39, 0.29) is 5.75 Å². The van der Waals surface area contributed by atoms with E-state index in [0.29, 0.717) is 17.7 Å². The summed E-state index contributed by atoms with van der Waals surface area (Å²) in [5.41, 5.74) is 7.12. The van der Waals surface area contributed by atoms with Crippen molar-refractivity contribution in [3.8, 4) is 33.8 Å². The van der Waals surface area contributed by atoms with Gasteiger partial charge in [-0.2, -0.15) is 0 Å². The molecule has 0 amide bonds. The Bertz CT molecular complexity index is 1320. The SMILES string of the molecule is Cc1cc(C)cc(-c2cnc3cc(Cl)c(-c4ccc(O)cc4)cc3c2OCCC2CCCCN2)c1. The van der Waals surface area contributed by atoms with Crippen LogP contribution in [0.1, 0.15) is 36.8 Å². The van der Waals surface area contributed by atoms with E-state index in [1.54, 1.807) is 12.1 Å². The Morgan fingerprint density at radius 2 is 1.74 bits per heavy atom. The molecular formula is C30H31ClN2O2. The number of rotatable bonds is 6. The van der Waals surface area contributed by atoms with Crippen LogP contribution < -0.4 is 10.1 Å². The third kappa shape index (κ3) is 5.29. The smallest absolute Gasteiger partial charge is 0.138 e. The number of benzene rings is 3. The molecule has 0 saturated carbocycles. The van der Waals surface area contributed by atoms with E-state index in [1.807, 2.05) is 24.4 Å². The zero-order valence-electron chi connectivity index (χ0n) is 20.3. The molecule has 0 radical (unpaired) electrons. The number of nitrogens with zero attached hydrogens (tertiary/aromatic N) is 1. The lowest BCUT2D eigenvalue weighted by Gasteiger charge is -2.24. The number of hydrogen-bond donors (Lipinski definition) is 2. The molecule has 5 rings (SSSR count). The maximum atomic E-state index is 9.73. The molecule has 2 heterocycles. The Morgan fingerprint density at radius 3 is 2.46 bits per heavy atom. The number of halogens is 1. The molecule has 0 bridgehead atoms. The van der Waals surface area contributed by atoms with Gasteiger partial charge in [0.1, 0.15) is 11.5 Å². The van der Waals surface area contributed by atoms with E-state index in [9.17, 15) is 5.11 Å². The minimum atomic E-state index is 0.227. The highest BCUT2D eigenvalue weighted by Gasteiger charge is 2.18. The van der Waals surface area contributed by atoms with Gasteiger partial charge in [-0.25, -0.2) is 0 Å². The topological polar surface area (TPSA) is 54.4 Å². The third-order valence-corrected chi connectivity index (χ3v) is 7.06. The lowest BCUT2D eigenvalue weighted by atomic mass is 9.97. The highest BCUT2D eigenvalue weighted by Crippen LogP contribution is 2.41. The molecule has 3 aromatic carbocycles. The summed E-state index contributed by atoms with van der Waals surface area (Å²) in [7, 11) is 0. The molecule has 35 heavy (non-hydrogen) atoms. The fourth-order valence-electron chi connectivity index (χ4n) is 5.02. The van der Waals surface area contributed by atoms with Crippen molar-refractivity contribution in [2.24, 2.45) is 0 Å². The lowest BCUT2D eigenvalue weighted by molar-refractivity contribution is 0.271. The molecule has 2 N–H and O–H groups in total. The largest absolute Gasteiger partial charge is 0.508 e. The van der Waals surface area contributed by atoms with Crippen LogP contribution >= 0.6 is 11.6 Å². The van der Waals surface area contributed by atoms with Gasteiger partial charge in [0.15, 0.2) is 0 Å². The van der Waals surface area contributed by atoms with Crippen LogP contribution in [-0.2, 0) is 0 Å². The number of pyridine rings is 1. The van der Waals surface area contributed by atoms with Gasteiger partial charge in [-0.05, 0) is 75.0 Å². The number of hydrogen-bond acceptors (Lipinski definition) is 4. The first-order valence-electron chi connectivity index (χ1n) is 12.3. The first-order chi connectivity index (χ1) is 17.0. The Hall–Kier alpha value is -3.08. The summed E-state index contributed by atoms with van der Waals surface area (Å²) in [6, 6.07) is 18.1. The molecule has 4 nitrogen and oxygen atoms in total. The third-order valence-electron chi connectivity index (χ3n) is 6.74. The summed E-state index contributed by atoms with van der Waals surface area (Å²) >= 11 is 6.68. The van der Waals surface area contributed by atoms with E-state index in [0.717, 1.165) is 51.9 Å². The molecule has 5 heteroatoms. The molecule has 0 spiro atoms. The summed E-state index contributed by atoms with van der Waals surface area (Å²) in [6.45, 7) is 5.95. The van der Waals surface area contributed by atoms with Crippen LogP contribution in [0.4, 0.5) is 0 Å². The van der Waals surface area contributed by atoms with Crippen LogP contribution in [0.5, 0.6) is 11.5 Å². The van der Waals surface area contributed by atoms with Gasteiger partial charge in [-0.1, -0.05) is 59.5 Å². The number of piperidine rings is 1. The predicted molar refractivity (Wildman–Crippen MR) is 145 cm³/mol. The van der Waals surface area contributed by atoms with Crippen LogP contribution in [0, 0.1) is 13.8 Å². The van der Waals surface area contributed by atoms with Crippen molar-refractivity contribution in [1.82, 2.24) is 10.3 Å². The Labute approximate surface area is 211 Å². The van der Waals surface area contributed by atoms with Gasteiger partial charge in [-0.15, -0.1) is 0 Å². The molecule has 180 valence electrons. The van der Waals surface area contributed by atoms with Gasteiger partial charge in [0.2, 0.25) is 0 Å². The van der Waals surface area contributed by atoms with Gasteiger partial charge in [0.25, 0.3) is 0 Å². The number of phenolic OH excluding ortho intramolecular Hbond substituents is 1. The summed E-state index contributed by atoms with van der Waals surface area (Å²) in [6.07, 6.45) is 6.60. The van der Waals surface area contributed by atoms with Crippen molar-refractivity contribution in [3.63, 3.8) is 0 Å². The van der Waals surface area contributed by atoms with Gasteiger partial charge in [-0.3, -0.25) is 4.98 Å². The fourth-order valence-corrected chi connectivity index (χ4v) is 5.28. The predicted octanol–water partition coefficient (Wildman–Crippen LogP) is 7.46. The Balaban J connectivity index is 1.60. The van der Waals surface area contributed by atoms with Crippen LogP contribution in [-0.4, -0.2) is 29.3 Å². The highest BCUT2D eigenvalue weighted by atomic mass is 35.5. The van der Waals surface area contributed by atoms with Crippen molar-refractivity contribution in [2.75, 3.05) is 13.2 Å². The van der Waals surface area contributed by atoms with Crippen LogP contribution in [0.2, 0.25) is 5.02 Å². The average Bonchev–Trinajstić information content (AvgIpc) is 2.84. The molecule has 1 aliphatic heterocycles. The first kappa shape index (κ1) is 23.7. The number of fused-ring (bicyclic) bond motifs is 1. The number of phenols is 1. The minimum absolute atomic E-state index is 0.227. The van der Waals surface area contributed by atoms with Crippen molar-refractivity contribution >= 4 is 22.5 Å². The van der Waals surface area contributed by atoms with Crippen molar-refractivity contribution in [2.45, 2.75) is 45.6 Å². The molecule has 1 fully saturated rings. The van der Waals surface area contributed by atoms with E-state index in [2.05, 4.69) is 43.4 Å². The molecule has 0 aliphatic carbocycles. The number of aromatic nitrogens is 1. The molecule has 4 aromatic rings. The van der Waals surface area contributed by atoms with Crippen LogP contribution in [0.25, 0.3) is 33.2 Å². The molecule has 1 aliphatic rings. The van der Waals surface area contributed by atoms with Gasteiger partial charge in [0.05, 0.1) is 17.1 Å². The van der Waals surface area contributed by atoms with Gasteiger partial charge < -0.3 is 15.2 Å². The second kappa shape index (κ2) is 10.3. The molecule has 1 aromatic heterocycles. The molecular weight excluding hydrogens is 456 g/mol. The normalized spacial score (nSPS) is 15.9. The zero-order valence-corrected chi connectivity index (χ0v) is 21.0. The summed E-state index contributed by atoms with van der Waals surface area (Å²) in [5.74, 6) is 1.07. The minimum Gasteiger partial charge on any atom is -0.508 e. The highest BCUT2D eigenvalue weighted by molar-refractivity contribution is 6.34. The Kier molecular flexibility index (Phi) is 6.94. The summed E-state index contributed by atoms with van der Waals surface area (Å²) in [4.78, 5) is 4.77. The van der Waals surface area contributed by atoms with Gasteiger partial charge >= 0.3 is 0 Å². The number of aryl methyl sites for hydroxylation is 2. The standard InChI is InChI=1S/C30H31ClN2O2/c1-19-13-20(2)15-22(14-19)27-18-33-29-17-28(31)25(21-6-8-24(34)9-7-21)16-26(29)30(27)35-12-10-23-5-3-4-11-32-23/h6-9,13-18,23,32,34H,3-5,10-12H2,1-2H3.